The molecule has 0 aromatic heterocycles. The number of carbonyl (C=O) groups excluding carboxylic acids is 6. The van der Waals surface area contributed by atoms with Crippen molar-refractivity contribution in [2.75, 3.05) is 14.2 Å². The van der Waals surface area contributed by atoms with Crippen molar-refractivity contribution in [3.8, 4) is 11.5 Å². The van der Waals surface area contributed by atoms with Gasteiger partial charge in [-0.25, -0.2) is 19.2 Å². The molecule has 12 nitrogen and oxygen atoms in total. The van der Waals surface area contributed by atoms with Gasteiger partial charge in [0.15, 0.2) is 0 Å². The van der Waals surface area contributed by atoms with Crippen LogP contribution in [0.1, 0.15) is 83.2 Å². The Hall–Kier alpha value is -5.52. The summed E-state index contributed by atoms with van der Waals surface area (Å²) in [6, 6.07) is 17.2. The maximum absolute atomic E-state index is 12.9. The van der Waals surface area contributed by atoms with Crippen molar-refractivity contribution in [3.05, 3.63) is 95.1 Å². The molecule has 6 bridgehead atoms. The van der Waals surface area contributed by atoms with Crippen molar-refractivity contribution in [2.45, 2.75) is 76.3 Å². The van der Waals surface area contributed by atoms with E-state index < -0.39 is 36.0 Å². The monoisotopic (exact) mass is 686 g/mol. The molecule has 3 heterocycles. The minimum atomic E-state index is -0.893. The van der Waals surface area contributed by atoms with Gasteiger partial charge in [-0.3, -0.25) is 9.59 Å². The third-order valence-electron chi connectivity index (χ3n) is 8.18. The molecular formula is C38H42N2O10. The predicted octanol–water partition coefficient (Wildman–Crippen LogP) is 4.66. The number of hydrogen-bond donors (Lipinski definition) is 2. The summed E-state index contributed by atoms with van der Waals surface area (Å²) in [5, 5.41) is 5.51. The first-order valence-electron chi connectivity index (χ1n) is 16.6. The van der Waals surface area contributed by atoms with Crippen LogP contribution in [0.25, 0.3) is 0 Å². The molecule has 0 radical (unpaired) electrons. The van der Waals surface area contributed by atoms with Crippen LogP contribution < -0.4 is 20.1 Å². The molecule has 0 aliphatic carbocycles. The average Bonchev–Trinajstić information content (AvgIpc) is 3.12. The predicted molar refractivity (Wildman–Crippen MR) is 181 cm³/mol. The topological polar surface area (TPSA) is 163 Å². The number of methoxy groups -OCH3 is 2. The fraction of sp³-hybridized carbons (Fsp3) is 0.368. The van der Waals surface area contributed by atoms with Crippen molar-refractivity contribution in [1.29, 1.82) is 0 Å². The lowest BCUT2D eigenvalue weighted by Crippen LogP contribution is -2.43. The summed E-state index contributed by atoms with van der Waals surface area (Å²) in [7, 11) is 2.51. The summed E-state index contributed by atoms with van der Waals surface area (Å²) >= 11 is 0. The molecule has 2 atom stereocenters. The zero-order chi connectivity index (χ0) is 35.9. The molecule has 0 saturated carbocycles. The summed E-state index contributed by atoms with van der Waals surface area (Å²) in [6.07, 6.45) is 5.53. The number of carbonyl (C=O) groups is 6. The molecule has 50 heavy (non-hydrogen) atoms. The van der Waals surface area contributed by atoms with Gasteiger partial charge in [0.05, 0.1) is 25.3 Å². The van der Waals surface area contributed by atoms with E-state index in [0.29, 0.717) is 24.0 Å². The summed E-state index contributed by atoms with van der Waals surface area (Å²) in [5.41, 5.74) is 1.67. The van der Waals surface area contributed by atoms with Crippen LogP contribution >= 0.6 is 0 Å². The molecule has 2 amide bonds. The van der Waals surface area contributed by atoms with Crippen LogP contribution in [0.2, 0.25) is 0 Å². The van der Waals surface area contributed by atoms with E-state index in [1.54, 1.807) is 48.5 Å². The lowest BCUT2D eigenvalue weighted by molar-refractivity contribution is -0.145. The Morgan fingerprint density at radius 2 is 0.960 bits per heavy atom. The second kappa shape index (κ2) is 18.9. The second-order valence-electron chi connectivity index (χ2n) is 12.0. The lowest BCUT2D eigenvalue weighted by Gasteiger charge is -2.17. The number of fused-ring (bicyclic) bond motifs is 2. The van der Waals surface area contributed by atoms with Gasteiger partial charge in [0, 0.05) is 25.7 Å². The van der Waals surface area contributed by atoms with Crippen LogP contribution in [-0.2, 0) is 41.5 Å². The normalized spacial score (nSPS) is 18.8. The van der Waals surface area contributed by atoms with Crippen molar-refractivity contribution >= 4 is 35.7 Å². The smallest absolute Gasteiger partial charge is 0.343 e. The third kappa shape index (κ3) is 11.6. The second-order valence-corrected chi connectivity index (χ2v) is 12.0. The Morgan fingerprint density at radius 3 is 1.34 bits per heavy atom. The molecular weight excluding hydrogens is 644 g/mol. The molecule has 3 aromatic carbocycles. The van der Waals surface area contributed by atoms with Gasteiger partial charge in [-0.1, -0.05) is 56.0 Å². The summed E-state index contributed by atoms with van der Waals surface area (Å²) < 4.78 is 20.8. The van der Waals surface area contributed by atoms with E-state index >= 15 is 0 Å². The fourth-order valence-corrected chi connectivity index (χ4v) is 5.45. The largest absolute Gasteiger partial charge is 0.467 e. The minimum absolute atomic E-state index is 0.124. The van der Waals surface area contributed by atoms with Crippen molar-refractivity contribution in [2.24, 2.45) is 0 Å². The highest BCUT2D eigenvalue weighted by Gasteiger charge is 2.23. The first kappa shape index (κ1) is 37.3. The SMILES string of the molecule is COC(=O)[C@@H]1Cc2ccc(cc2)OC(=O)c2cccc(c2)C(=O)Oc2ccc(cc2)C[C@@H](C(=O)OC)NC(=O)CCCCCCCCC(=O)N1. The van der Waals surface area contributed by atoms with Crippen LogP contribution in [0.5, 0.6) is 11.5 Å². The number of ether oxygens (including phenoxy) is 4. The summed E-state index contributed by atoms with van der Waals surface area (Å²) in [6.45, 7) is 0. The zero-order valence-electron chi connectivity index (χ0n) is 28.2. The van der Waals surface area contributed by atoms with Gasteiger partial charge in [0.2, 0.25) is 11.8 Å². The Balaban J connectivity index is 1.49. The number of amides is 2. The van der Waals surface area contributed by atoms with Gasteiger partial charge < -0.3 is 29.6 Å². The maximum Gasteiger partial charge on any atom is 0.343 e. The Kier molecular flexibility index (Phi) is 14.1. The molecule has 3 aliphatic rings. The molecule has 6 rings (SSSR count). The van der Waals surface area contributed by atoms with Gasteiger partial charge in [0.25, 0.3) is 0 Å². The van der Waals surface area contributed by atoms with E-state index in [4.69, 9.17) is 18.9 Å². The highest BCUT2D eigenvalue weighted by Crippen LogP contribution is 2.19. The number of hydrogen-bond acceptors (Lipinski definition) is 10. The molecule has 0 fully saturated rings. The molecule has 0 spiro atoms. The molecule has 3 aromatic rings. The third-order valence-corrected chi connectivity index (χ3v) is 8.18. The minimum Gasteiger partial charge on any atom is -0.467 e. The first-order chi connectivity index (χ1) is 24.1. The van der Waals surface area contributed by atoms with Crippen LogP contribution in [0, 0.1) is 0 Å². The molecule has 264 valence electrons. The van der Waals surface area contributed by atoms with Gasteiger partial charge in [-0.05, 0) is 66.4 Å². The van der Waals surface area contributed by atoms with Crippen LogP contribution in [0.3, 0.4) is 0 Å². The van der Waals surface area contributed by atoms with E-state index in [-0.39, 0.29) is 60.1 Å². The van der Waals surface area contributed by atoms with E-state index in [2.05, 4.69) is 10.6 Å². The van der Waals surface area contributed by atoms with E-state index in [0.717, 1.165) is 25.7 Å². The molecule has 3 aliphatic heterocycles. The average molecular weight is 687 g/mol. The Labute approximate surface area is 290 Å². The standard InChI is InChI=1S/C38H42N2O10/c1-47-37(45)31-22-25-14-18-29(19-15-25)49-35(43)27-10-9-11-28(24-27)36(44)50-30-20-16-26(17-21-30)23-32(38(46)48-2)40-34(42)13-8-6-4-3-5-7-12-33(41)39-31/h9-11,14-21,24,31-32H,3-8,12-13,22-23H2,1-2H3,(H,39,41)(H,40,42)/t31-,32-/m0/s1. The van der Waals surface area contributed by atoms with E-state index in [9.17, 15) is 28.8 Å². The van der Waals surface area contributed by atoms with E-state index in [1.165, 1.54) is 38.5 Å². The first-order valence-corrected chi connectivity index (χ1v) is 16.6. The Bertz CT molecular complexity index is 1530. The number of rotatable bonds is 2. The fourth-order valence-electron chi connectivity index (χ4n) is 5.45. The summed E-state index contributed by atoms with van der Waals surface area (Å²) in [4.78, 5) is 76.0. The van der Waals surface area contributed by atoms with Gasteiger partial charge in [0.1, 0.15) is 23.6 Å². The van der Waals surface area contributed by atoms with Crippen LogP contribution in [-0.4, -0.2) is 62.0 Å². The van der Waals surface area contributed by atoms with Crippen LogP contribution in [0.15, 0.2) is 72.8 Å². The van der Waals surface area contributed by atoms with Gasteiger partial charge >= 0.3 is 23.9 Å². The number of benzene rings is 3. The van der Waals surface area contributed by atoms with Crippen molar-refractivity contribution in [1.82, 2.24) is 10.6 Å². The number of nitrogens with one attached hydrogen (secondary N) is 2. The maximum atomic E-state index is 12.9. The van der Waals surface area contributed by atoms with Gasteiger partial charge in [-0.2, -0.15) is 0 Å². The van der Waals surface area contributed by atoms with Gasteiger partial charge in [-0.15, -0.1) is 0 Å². The zero-order valence-corrected chi connectivity index (χ0v) is 28.2. The highest BCUT2D eigenvalue weighted by molar-refractivity contribution is 5.96. The summed E-state index contributed by atoms with van der Waals surface area (Å²) in [5.74, 6) is -2.58. The Morgan fingerprint density at radius 1 is 0.580 bits per heavy atom. The quantitative estimate of drug-likeness (QED) is 0.286. The molecule has 0 saturated heterocycles. The highest BCUT2D eigenvalue weighted by atomic mass is 16.5. The molecule has 12 heteroatoms. The lowest BCUT2D eigenvalue weighted by atomic mass is 10.0. The number of esters is 4. The van der Waals surface area contributed by atoms with Crippen molar-refractivity contribution in [3.63, 3.8) is 0 Å². The van der Waals surface area contributed by atoms with Crippen molar-refractivity contribution < 1.29 is 47.7 Å². The molecule has 2 N–H and O–H groups in total. The van der Waals surface area contributed by atoms with E-state index in [1.807, 2.05) is 0 Å². The molecule has 0 unspecified atom stereocenters. The van der Waals surface area contributed by atoms with Crippen LogP contribution in [0.4, 0.5) is 0 Å².